The third kappa shape index (κ3) is 2.22. The first kappa shape index (κ1) is 12.9. The van der Waals surface area contributed by atoms with Gasteiger partial charge in [-0.1, -0.05) is 23.7 Å². The lowest BCUT2D eigenvalue weighted by atomic mass is 10.1. The molecule has 3 nitrogen and oxygen atoms in total. The summed E-state index contributed by atoms with van der Waals surface area (Å²) >= 11 is 5.89. The van der Waals surface area contributed by atoms with Gasteiger partial charge in [-0.2, -0.15) is 18.3 Å². The summed E-state index contributed by atoms with van der Waals surface area (Å²) in [5.74, 6) is 0. The summed E-state index contributed by atoms with van der Waals surface area (Å²) in [6, 6.07) is 6.42. The van der Waals surface area contributed by atoms with Crippen molar-refractivity contribution in [2.75, 3.05) is 0 Å². The minimum Gasteiger partial charge on any atom is -0.235 e. The summed E-state index contributed by atoms with van der Waals surface area (Å²) in [5.41, 5.74) is 1.07. The first-order valence-corrected chi connectivity index (χ1v) is 6.00. The molecule has 7 heteroatoms. The first-order valence-electron chi connectivity index (χ1n) is 5.63. The van der Waals surface area contributed by atoms with E-state index in [2.05, 4.69) is 10.1 Å². The van der Waals surface area contributed by atoms with E-state index in [1.807, 2.05) is 0 Å². The Labute approximate surface area is 116 Å². The molecule has 0 saturated heterocycles. The van der Waals surface area contributed by atoms with Gasteiger partial charge in [0, 0.05) is 18.0 Å². The maximum absolute atomic E-state index is 12.5. The smallest absolute Gasteiger partial charge is 0.235 e. The van der Waals surface area contributed by atoms with E-state index >= 15 is 0 Å². The second-order valence-electron chi connectivity index (χ2n) is 4.15. The number of imidazole rings is 1. The molecule has 0 unspecified atom stereocenters. The molecule has 0 aliphatic heterocycles. The van der Waals surface area contributed by atoms with E-state index in [1.54, 1.807) is 18.5 Å². The van der Waals surface area contributed by atoms with Crippen LogP contribution in [0.1, 0.15) is 5.56 Å². The van der Waals surface area contributed by atoms with Crippen LogP contribution in [0, 0.1) is 0 Å². The number of fused-ring (bicyclic) bond motifs is 1. The van der Waals surface area contributed by atoms with Gasteiger partial charge in [0.1, 0.15) is 0 Å². The Balaban J connectivity index is 2.14. The molecule has 0 bridgehead atoms. The van der Waals surface area contributed by atoms with Crippen LogP contribution >= 0.6 is 11.6 Å². The Morgan fingerprint density at radius 3 is 2.45 bits per heavy atom. The minimum absolute atomic E-state index is 0.241. The van der Waals surface area contributed by atoms with Gasteiger partial charge >= 0.3 is 6.18 Å². The molecule has 2 aromatic heterocycles. The molecule has 0 saturated carbocycles. The molecule has 20 heavy (non-hydrogen) atoms. The quantitative estimate of drug-likeness (QED) is 0.678. The molecule has 1 aromatic carbocycles. The van der Waals surface area contributed by atoms with Crippen LogP contribution in [0.2, 0.25) is 5.15 Å². The van der Waals surface area contributed by atoms with Gasteiger partial charge in [-0.25, -0.2) is 9.50 Å². The van der Waals surface area contributed by atoms with Crippen molar-refractivity contribution in [2.45, 2.75) is 6.18 Å². The lowest BCUT2D eigenvalue weighted by molar-refractivity contribution is -0.137. The van der Waals surface area contributed by atoms with Crippen molar-refractivity contribution in [1.82, 2.24) is 14.6 Å². The standard InChI is InChI=1S/C13H7ClF3N3/c14-11-7-10(12-18-5-6-20(12)19-11)8-1-3-9(4-2-8)13(15,16)17/h1-7H. The number of aromatic nitrogens is 3. The Kier molecular flexibility index (Phi) is 2.90. The highest BCUT2D eigenvalue weighted by Gasteiger charge is 2.30. The second-order valence-corrected chi connectivity index (χ2v) is 4.54. The number of benzene rings is 1. The van der Waals surface area contributed by atoms with Gasteiger partial charge in [-0.05, 0) is 23.8 Å². The molecule has 0 N–H and O–H groups in total. The molecule has 0 radical (unpaired) electrons. The van der Waals surface area contributed by atoms with Gasteiger partial charge < -0.3 is 0 Å². The van der Waals surface area contributed by atoms with Crippen LogP contribution < -0.4 is 0 Å². The molecule has 102 valence electrons. The van der Waals surface area contributed by atoms with Crippen LogP contribution in [0.15, 0.2) is 42.7 Å². The number of rotatable bonds is 1. The number of halogens is 4. The highest BCUT2D eigenvalue weighted by atomic mass is 35.5. The molecule has 3 aromatic rings. The predicted molar refractivity (Wildman–Crippen MR) is 68.4 cm³/mol. The zero-order valence-electron chi connectivity index (χ0n) is 9.89. The molecular weight excluding hydrogens is 291 g/mol. The van der Waals surface area contributed by atoms with E-state index in [9.17, 15) is 13.2 Å². The number of hydrogen-bond donors (Lipinski definition) is 0. The fourth-order valence-electron chi connectivity index (χ4n) is 1.94. The number of hydrogen-bond acceptors (Lipinski definition) is 2. The van der Waals surface area contributed by atoms with Crippen molar-refractivity contribution in [2.24, 2.45) is 0 Å². The van der Waals surface area contributed by atoms with Crippen molar-refractivity contribution in [1.29, 1.82) is 0 Å². The van der Waals surface area contributed by atoms with Crippen molar-refractivity contribution < 1.29 is 13.2 Å². The molecule has 2 heterocycles. The average molecular weight is 298 g/mol. The SMILES string of the molecule is FC(F)(F)c1ccc(-c2cc(Cl)nn3ccnc23)cc1. The molecule has 0 aliphatic rings. The van der Waals surface area contributed by atoms with E-state index in [1.165, 1.54) is 16.6 Å². The lowest BCUT2D eigenvalue weighted by Crippen LogP contribution is -2.04. The molecule has 0 fully saturated rings. The topological polar surface area (TPSA) is 30.2 Å². The monoisotopic (exact) mass is 297 g/mol. The lowest BCUT2D eigenvalue weighted by Gasteiger charge is -2.08. The third-order valence-corrected chi connectivity index (χ3v) is 3.04. The summed E-state index contributed by atoms with van der Waals surface area (Å²) in [5, 5.41) is 4.26. The average Bonchev–Trinajstić information content (AvgIpc) is 2.85. The second kappa shape index (κ2) is 4.49. The zero-order chi connectivity index (χ0) is 14.3. The third-order valence-electron chi connectivity index (χ3n) is 2.85. The summed E-state index contributed by atoms with van der Waals surface area (Å²) in [6.07, 6.45) is -1.18. The fraction of sp³-hybridized carbons (Fsp3) is 0.0769. The Morgan fingerprint density at radius 2 is 1.80 bits per heavy atom. The van der Waals surface area contributed by atoms with Crippen molar-refractivity contribution in [3.05, 3.63) is 53.4 Å². The number of alkyl halides is 3. The summed E-state index contributed by atoms with van der Waals surface area (Å²) in [6.45, 7) is 0. The van der Waals surface area contributed by atoms with Gasteiger partial charge in [0.2, 0.25) is 0 Å². The molecule has 0 aliphatic carbocycles. The van der Waals surface area contributed by atoms with Gasteiger partial charge in [-0.15, -0.1) is 0 Å². The van der Waals surface area contributed by atoms with E-state index < -0.39 is 11.7 Å². The van der Waals surface area contributed by atoms with Crippen LogP contribution in [-0.2, 0) is 6.18 Å². The van der Waals surface area contributed by atoms with Crippen molar-refractivity contribution >= 4 is 17.2 Å². The zero-order valence-corrected chi connectivity index (χ0v) is 10.7. The van der Waals surface area contributed by atoms with E-state index in [4.69, 9.17) is 11.6 Å². The Morgan fingerprint density at radius 1 is 1.10 bits per heavy atom. The summed E-state index contributed by atoms with van der Waals surface area (Å²) in [4.78, 5) is 4.13. The van der Waals surface area contributed by atoms with Crippen LogP contribution in [0.25, 0.3) is 16.8 Å². The van der Waals surface area contributed by atoms with E-state index in [0.717, 1.165) is 12.1 Å². The van der Waals surface area contributed by atoms with Gasteiger partial charge in [0.25, 0.3) is 0 Å². The molecule has 3 rings (SSSR count). The first-order chi connectivity index (χ1) is 9.45. The van der Waals surface area contributed by atoms with Gasteiger partial charge in [0.05, 0.1) is 5.56 Å². The van der Waals surface area contributed by atoms with Crippen LogP contribution in [0.5, 0.6) is 0 Å². The molecule has 0 atom stereocenters. The van der Waals surface area contributed by atoms with Gasteiger partial charge in [-0.3, -0.25) is 0 Å². The highest BCUT2D eigenvalue weighted by Crippen LogP contribution is 2.32. The molecule has 0 amide bonds. The maximum atomic E-state index is 12.5. The minimum atomic E-state index is -4.35. The Bertz CT molecular complexity index is 763. The predicted octanol–water partition coefficient (Wildman–Crippen LogP) is 4.07. The van der Waals surface area contributed by atoms with Crippen molar-refractivity contribution in [3.63, 3.8) is 0 Å². The summed E-state index contributed by atoms with van der Waals surface area (Å²) < 4.78 is 39.1. The summed E-state index contributed by atoms with van der Waals surface area (Å²) in [7, 11) is 0. The molecular formula is C13H7ClF3N3. The normalized spacial score (nSPS) is 12.0. The van der Waals surface area contributed by atoms with E-state index in [0.29, 0.717) is 16.8 Å². The van der Waals surface area contributed by atoms with Crippen LogP contribution in [0.4, 0.5) is 13.2 Å². The van der Waals surface area contributed by atoms with Gasteiger partial charge in [0.15, 0.2) is 10.8 Å². The fourth-order valence-corrected chi connectivity index (χ4v) is 2.13. The van der Waals surface area contributed by atoms with E-state index in [-0.39, 0.29) is 5.15 Å². The number of nitrogens with zero attached hydrogens (tertiary/aromatic N) is 3. The van der Waals surface area contributed by atoms with Crippen molar-refractivity contribution in [3.8, 4) is 11.1 Å². The van der Waals surface area contributed by atoms with Crippen LogP contribution in [-0.4, -0.2) is 14.6 Å². The largest absolute Gasteiger partial charge is 0.416 e. The maximum Gasteiger partial charge on any atom is 0.416 e. The highest BCUT2D eigenvalue weighted by molar-refractivity contribution is 6.29. The van der Waals surface area contributed by atoms with Crippen LogP contribution in [0.3, 0.4) is 0 Å². The Hall–Kier alpha value is -2.08. The molecule has 0 spiro atoms.